The summed E-state index contributed by atoms with van der Waals surface area (Å²) in [5.41, 5.74) is 2.93. The van der Waals surface area contributed by atoms with Crippen molar-refractivity contribution in [2.24, 2.45) is 0 Å². The maximum absolute atomic E-state index is 8.72. The van der Waals surface area contributed by atoms with Crippen LogP contribution in [0.4, 0.5) is 0 Å². The molecule has 0 fully saturated rings. The molecule has 0 saturated heterocycles. The van der Waals surface area contributed by atoms with E-state index in [-0.39, 0.29) is 0 Å². The van der Waals surface area contributed by atoms with Gasteiger partial charge in [-0.25, -0.2) is 4.52 Å². The minimum atomic E-state index is 0.459. The van der Waals surface area contributed by atoms with Crippen LogP contribution in [0.2, 0.25) is 0 Å². The van der Waals surface area contributed by atoms with E-state index in [2.05, 4.69) is 25.0 Å². The van der Waals surface area contributed by atoms with E-state index in [0.29, 0.717) is 11.5 Å². The fourth-order valence-electron chi connectivity index (χ4n) is 1.51. The summed E-state index contributed by atoms with van der Waals surface area (Å²) in [5, 5.41) is 12.9. The lowest BCUT2D eigenvalue weighted by molar-refractivity contribution is 0.875. The van der Waals surface area contributed by atoms with Gasteiger partial charge in [0.1, 0.15) is 6.07 Å². The second-order valence-electron chi connectivity index (χ2n) is 3.61. The van der Waals surface area contributed by atoms with Crippen molar-refractivity contribution in [2.45, 2.75) is 19.8 Å². The maximum atomic E-state index is 8.72. The van der Waals surface area contributed by atoms with Crippen LogP contribution < -0.4 is 0 Å². The summed E-state index contributed by atoms with van der Waals surface area (Å²) < 4.78 is 1.76. The first-order valence-electron chi connectivity index (χ1n) is 4.60. The molecule has 0 amide bonds. The Labute approximate surface area is 82.6 Å². The number of hydrogen-bond acceptors (Lipinski definition) is 2. The van der Waals surface area contributed by atoms with E-state index >= 15 is 0 Å². The van der Waals surface area contributed by atoms with Gasteiger partial charge in [0.15, 0.2) is 0 Å². The summed E-state index contributed by atoms with van der Waals surface area (Å²) in [4.78, 5) is 0. The van der Waals surface area contributed by atoms with Crippen molar-refractivity contribution in [2.75, 3.05) is 0 Å². The summed E-state index contributed by atoms with van der Waals surface area (Å²) >= 11 is 0. The first-order chi connectivity index (χ1) is 6.72. The number of pyridine rings is 1. The lowest BCUT2D eigenvalue weighted by Crippen LogP contribution is -1.90. The van der Waals surface area contributed by atoms with Gasteiger partial charge in [-0.2, -0.15) is 10.4 Å². The standard InChI is InChI=1S/C11H11N3/c1-8(2)10-6-13-14-7-9(5-12)3-4-11(10)14/h3-4,6-8H,1-2H3. The van der Waals surface area contributed by atoms with Crippen LogP contribution in [-0.2, 0) is 0 Å². The van der Waals surface area contributed by atoms with Crippen LogP contribution in [0.5, 0.6) is 0 Å². The van der Waals surface area contributed by atoms with Crippen molar-refractivity contribution in [3.05, 3.63) is 35.7 Å². The minimum absolute atomic E-state index is 0.459. The predicted molar refractivity (Wildman–Crippen MR) is 54.0 cm³/mol. The molecule has 0 saturated carbocycles. The Kier molecular flexibility index (Phi) is 1.97. The summed E-state index contributed by atoms with van der Waals surface area (Å²) in [5.74, 6) is 0.459. The largest absolute Gasteiger partial charge is 0.239 e. The SMILES string of the molecule is CC(C)c1cnn2cc(C#N)ccc12. The van der Waals surface area contributed by atoms with Crippen molar-refractivity contribution in [1.29, 1.82) is 5.26 Å². The minimum Gasteiger partial charge on any atom is -0.239 e. The summed E-state index contributed by atoms with van der Waals surface area (Å²) in [6, 6.07) is 5.86. The molecular weight excluding hydrogens is 174 g/mol. The molecule has 0 N–H and O–H groups in total. The number of aromatic nitrogens is 2. The first kappa shape index (κ1) is 8.76. The zero-order valence-corrected chi connectivity index (χ0v) is 8.23. The van der Waals surface area contributed by atoms with Crippen LogP contribution in [-0.4, -0.2) is 9.61 Å². The number of rotatable bonds is 1. The molecular formula is C11H11N3. The normalized spacial score (nSPS) is 10.7. The molecule has 0 radical (unpaired) electrons. The molecule has 14 heavy (non-hydrogen) atoms. The van der Waals surface area contributed by atoms with Crippen molar-refractivity contribution >= 4 is 5.52 Å². The molecule has 0 aliphatic rings. The molecule has 0 aliphatic carbocycles. The van der Waals surface area contributed by atoms with Gasteiger partial charge in [0.25, 0.3) is 0 Å². The molecule has 0 aliphatic heterocycles. The molecule has 2 heterocycles. The molecule has 0 bridgehead atoms. The quantitative estimate of drug-likeness (QED) is 0.684. The maximum Gasteiger partial charge on any atom is 0.101 e. The fraction of sp³-hybridized carbons (Fsp3) is 0.273. The van der Waals surface area contributed by atoms with E-state index in [0.717, 1.165) is 5.52 Å². The van der Waals surface area contributed by atoms with Gasteiger partial charge in [0.2, 0.25) is 0 Å². The Morgan fingerprint density at radius 1 is 1.43 bits per heavy atom. The smallest absolute Gasteiger partial charge is 0.101 e. The second kappa shape index (κ2) is 3.15. The Hall–Kier alpha value is -1.82. The second-order valence-corrected chi connectivity index (χ2v) is 3.61. The van der Waals surface area contributed by atoms with Crippen molar-refractivity contribution < 1.29 is 0 Å². The van der Waals surface area contributed by atoms with E-state index in [4.69, 9.17) is 5.26 Å². The van der Waals surface area contributed by atoms with Gasteiger partial charge in [0.05, 0.1) is 17.3 Å². The van der Waals surface area contributed by atoms with E-state index in [1.165, 1.54) is 5.56 Å². The van der Waals surface area contributed by atoms with Crippen LogP contribution in [0, 0.1) is 11.3 Å². The molecule has 2 aromatic rings. The molecule has 0 aromatic carbocycles. The topological polar surface area (TPSA) is 41.1 Å². The van der Waals surface area contributed by atoms with Gasteiger partial charge in [-0.15, -0.1) is 0 Å². The monoisotopic (exact) mass is 185 g/mol. The zero-order valence-electron chi connectivity index (χ0n) is 8.23. The third-order valence-corrected chi connectivity index (χ3v) is 2.30. The van der Waals surface area contributed by atoms with Crippen LogP contribution >= 0.6 is 0 Å². The van der Waals surface area contributed by atoms with Crippen LogP contribution in [0.25, 0.3) is 5.52 Å². The van der Waals surface area contributed by atoms with Gasteiger partial charge in [0, 0.05) is 11.8 Å². The van der Waals surface area contributed by atoms with Crippen LogP contribution in [0.3, 0.4) is 0 Å². The average molecular weight is 185 g/mol. The Morgan fingerprint density at radius 3 is 2.86 bits per heavy atom. The highest BCUT2D eigenvalue weighted by atomic mass is 15.2. The summed E-state index contributed by atoms with van der Waals surface area (Å²) in [6.07, 6.45) is 3.61. The molecule has 0 unspecified atom stereocenters. The highest BCUT2D eigenvalue weighted by Gasteiger charge is 2.07. The van der Waals surface area contributed by atoms with E-state index in [1.807, 2.05) is 18.3 Å². The summed E-state index contributed by atoms with van der Waals surface area (Å²) in [7, 11) is 0. The zero-order chi connectivity index (χ0) is 10.1. The predicted octanol–water partition coefficient (Wildman–Crippen LogP) is 2.33. The van der Waals surface area contributed by atoms with Gasteiger partial charge in [-0.05, 0) is 18.1 Å². The van der Waals surface area contributed by atoms with Crippen molar-refractivity contribution in [3.63, 3.8) is 0 Å². The lowest BCUT2D eigenvalue weighted by atomic mass is 10.1. The van der Waals surface area contributed by atoms with Gasteiger partial charge in [-0.1, -0.05) is 13.8 Å². The van der Waals surface area contributed by atoms with E-state index in [1.54, 1.807) is 10.7 Å². The van der Waals surface area contributed by atoms with Crippen molar-refractivity contribution in [3.8, 4) is 6.07 Å². The van der Waals surface area contributed by atoms with Crippen molar-refractivity contribution in [1.82, 2.24) is 9.61 Å². The molecule has 70 valence electrons. The van der Waals surface area contributed by atoms with Gasteiger partial charge < -0.3 is 0 Å². The Bertz CT molecular complexity index is 503. The number of nitrogens with zero attached hydrogens (tertiary/aromatic N) is 3. The number of nitriles is 1. The molecule has 0 atom stereocenters. The highest BCUT2D eigenvalue weighted by Crippen LogP contribution is 2.20. The molecule has 3 nitrogen and oxygen atoms in total. The van der Waals surface area contributed by atoms with E-state index < -0.39 is 0 Å². The number of fused-ring (bicyclic) bond motifs is 1. The highest BCUT2D eigenvalue weighted by molar-refractivity contribution is 5.56. The van der Waals surface area contributed by atoms with E-state index in [9.17, 15) is 0 Å². The Balaban J connectivity index is 2.67. The first-order valence-corrected chi connectivity index (χ1v) is 4.60. The third kappa shape index (κ3) is 1.25. The molecule has 2 aromatic heterocycles. The number of hydrogen-bond donors (Lipinski definition) is 0. The molecule has 3 heteroatoms. The molecule has 2 rings (SSSR count). The molecule has 0 spiro atoms. The van der Waals surface area contributed by atoms with Gasteiger partial charge in [-0.3, -0.25) is 0 Å². The van der Waals surface area contributed by atoms with Crippen LogP contribution in [0.1, 0.15) is 30.9 Å². The average Bonchev–Trinajstić information content (AvgIpc) is 2.59. The third-order valence-electron chi connectivity index (χ3n) is 2.30. The van der Waals surface area contributed by atoms with Gasteiger partial charge >= 0.3 is 0 Å². The Morgan fingerprint density at radius 2 is 2.21 bits per heavy atom. The summed E-state index contributed by atoms with van der Waals surface area (Å²) in [6.45, 7) is 4.27. The van der Waals surface area contributed by atoms with Crippen LogP contribution in [0.15, 0.2) is 24.5 Å². The lowest BCUT2D eigenvalue weighted by Gasteiger charge is -2.01. The fourth-order valence-corrected chi connectivity index (χ4v) is 1.51.